The van der Waals surface area contributed by atoms with Gasteiger partial charge in [0, 0.05) is 23.7 Å². The summed E-state index contributed by atoms with van der Waals surface area (Å²) in [7, 11) is -3.27. The van der Waals surface area contributed by atoms with Crippen LogP contribution in [-0.4, -0.2) is 26.8 Å². The molecule has 0 aliphatic heterocycles. The first-order valence-corrected chi connectivity index (χ1v) is 7.97. The second-order valence-electron chi connectivity index (χ2n) is 5.38. The standard InChI is InChI=1S/C13H21FN2O2S/c1-10(11-7-5-6-8-12(11)14)15-9-13(2,3)16-19(4,17)18/h5-8,10,15-16H,9H2,1-4H3. The van der Waals surface area contributed by atoms with Gasteiger partial charge in [0.15, 0.2) is 0 Å². The van der Waals surface area contributed by atoms with Crippen molar-refractivity contribution in [1.82, 2.24) is 10.0 Å². The summed E-state index contributed by atoms with van der Waals surface area (Å²) < 4.78 is 38.5. The predicted molar refractivity (Wildman–Crippen MR) is 74.9 cm³/mol. The summed E-state index contributed by atoms with van der Waals surface area (Å²) in [6, 6.07) is 6.34. The third-order valence-electron chi connectivity index (χ3n) is 2.68. The summed E-state index contributed by atoms with van der Waals surface area (Å²) in [5.41, 5.74) is -0.0646. The van der Waals surface area contributed by atoms with Gasteiger partial charge < -0.3 is 5.32 Å². The molecular weight excluding hydrogens is 267 g/mol. The summed E-state index contributed by atoms with van der Waals surface area (Å²) in [6.07, 6.45) is 1.12. The van der Waals surface area contributed by atoms with E-state index in [1.807, 2.05) is 6.92 Å². The molecule has 1 atom stereocenters. The smallest absolute Gasteiger partial charge is 0.209 e. The summed E-state index contributed by atoms with van der Waals surface area (Å²) in [6.45, 7) is 5.79. The van der Waals surface area contributed by atoms with Crippen molar-refractivity contribution in [2.45, 2.75) is 32.4 Å². The van der Waals surface area contributed by atoms with E-state index in [4.69, 9.17) is 0 Å². The summed E-state index contributed by atoms with van der Waals surface area (Å²) in [5.74, 6) is -0.267. The molecule has 4 nitrogen and oxygen atoms in total. The quantitative estimate of drug-likeness (QED) is 0.839. The predicted octanol–water partition coefficient (Wildman–Crippen LogP) is 1.80. The molecule has 1 aromatic rings. The van der Waals surface area contributed by atoms with Crippen molar-refractivity contribution in [3.63, 3.8) is 0 Å². The van der Waals surface area contributed by atoms with Crippen LogP contribution in [0.2, 0.25) is 0 Å². The van der Waals surface area contributed by atoms with Crippen molar-refractivity contribution in [3.8, 4) is 0 Å². The zero-order chi connectivity index (χ0) is 14.7. The number of hydrogen-bond donors (Lipinski definition) is 2. The lowest BCUT2D eigenvalue weighted by Crippen LogP contribution is -2.50. The Kier molecular flexibility index (Phi) is 5.06. The van der Waals surface area contributed by atoms with E-state index >= 15 is 0 Å². The molecule has 0 aliphatic carbocycles. The van der Waals surface area contributed by atoms with Crippen molar-refractivity contribution in [1.29, 1.82) is 0 Å². The van der Waals surface area contributed by atoms with E-state index in [-0.39, 0.29) is 11.9 Å². The summed E-state index contributed by atoms with van der Waals surface area (Å²) in [4.78, 5) is 0. The lowest BCUT2D eigenvalue weighted by Gasteiger charge is -2.27. The number of halogens is 1. The maximum Gasteiger partial charge on any atom is 0.209 e. The van der Waals surface area contributed by atoms with Crippen LogP contribution in [0.3, 0.4) is 0 Å². The Morgan fingerprint density at radius 1 is 1.32 bits per heavy atom. The molecule has 1 aromatic carbocycles. The third kappa shape index (κ3) is 5.67. The molecule has 0 saturated carbocycles. The van der Waals surface area contributed by atoms with E-state index in [0.29, 0.717) is 12.1 Å². The molecule has 0 aromatic heterocycles. The number of sulfonamides is 1. The monoisotopic (exact) mass is 288 g/mol. The van der Waals surface area contributed by atoms with Crippen LogP contribution in [0.15, 0.2) is 24.3 Å². The van der Waals surface area contributed by atoms with Crippen molar-refractivity contribution in [2.24, 2.45) is 0 Å². The fourth-order valence-electron chi connectivity index (χ4n) is 1.88. The molecule has 108 valence electrons. The third-order valence-corrected chi connectivity index (χ3v) is 3.61. The fourth-order valence-corrected chi connectivity index (χ4v) is 2.96. The van der Waals surface area contributed by atoms with Gasteiger partial charge >= 0.3 is 0 Å². The SMILES string of the molecule is CC(NCC(C)(C)NS(C)(=O)=O)c1ccccc1F. The molecule has 0 amide bonds. The van der Waals surface area contributed by atoms with E-state index < -0.39 is 15.6 Å². The highest BCUT2D eigenvalue weighted by Gasteiger charge is 2.23. The zero-order valence-corrected chi connectivity index (χ0v) is 12.5. The Morgan fingerprint density at radius 2 is 1.89 bits per heavy atom. The van der Waals surface area contributed by atoms with Crippen LogP contribution in [0, 0.1) is 5.82 Å². The van der Waals surface area contributed by atoms with Gasteiger partial charge in [-0.25, -0.2) is 17.5 Å². The van der Waals surface area contributed by atoms with E-state index in [0.717, 1.165) is 6.26 Å². The minimum Gasteiger partial charge on any atom is -0.308 e. The average Bonchev–Trinajstić information content (AvgIpc) is 2.23. The molecule has 0 radical (unpaired) electrons. The second kappa shape index (κ2) is 5.98. The summed E-state index contributed by atoms with van der Waals surface area (Å²) >= 11 is 0. The highest BCUT2D eigenvalue weighted by molar-refractivity contribution is 7.88. The molecule has 19 heavy (non-hydrogen) atoms. The maximum atomic E-state index is 13.6. The van der Waals surface area contributed by atoms with Crippen LogP contribution >= 0.6 is 0 Å². The number of nitrogens with one attached hydrogen (secondary N) is 2. The molecule has 0 spiro atoms. The van der Waals surface area contributed by atoms with Gasteiger partial charge in [0.05, 0.1) is 6.26 Å². The molecule has 1 unspecified atom stereocenters. The van der Waals surface area contributed by atoms with Gasteiger partial charge in [-0.15, -0.1) is 0 Å². The topological polar surface area (TPSA) is 58.2 Å². The number of rotatable bonds is 6. The Hall–Kier alpha value is -0.980. The second-order valence-corrected chi connectivity index (χ2v) is 7.13. The number of hydrogen-bond acceptors (Lipinski definition) is 3. The zero-order valence-electron chi connectivity index (χ0n) is 11.7. The Labute approximate surface area is 114 Å². The molecule has 6 heteroatoms. The van der Waals surface area contributed by atoms with Gasteiger partial charge in [0.25, 0.3) is 0 Å². The van der Waals surface area contributed by atoms with Crippen molar-refractivity contribution < 1.29 is 12.8 Å². The first-order valence-electron chi connectivity index (χ1n) is 6.07. The van der Waals surface area contributed by atoms with E-state index in [1.54, 1.807) is 32.0 Å². The van der Waals surface area contributed by atoms with Crippen LogP contribution < -0.4 is 10.0 Å². The molecule has 1 rings (SSSR count). The first-order chi connectivity index (χ1) is 8.61. The van der Waals surface area contributed by atoms with E-state index in [9.17, 15) is 12.8 Å². The lowest BCUT2D eigenvalue weighted by atomic mass is 10.0. The maximum absolute atomic E-state index is 13.6. The van der Waals surface area contributed by atoms with Crippen molar-refractivity contribution in [2.75, 3.05) is 12.8 Å². The van der Waals surface area contributed by atoms with Gasteiger partial charge in [-0.05, 0) is 26.8 Å². The Morgan fingerprint density at radius 3 is 2.42 bits per heavy atom. The van der Waals surface area contributed by atoms with Gasteiger partial charge in [-0.3, -0.25) is 0 Å². The van der Waals surface area contributed by atoms with Gasteiger partial charge in [-0.2, -0.15) is 0 Å². The van der Waals surface area contributed by atoms with Crippen LogP contribution in [0.25, 0.3) is 0 Å². The van der Waals surface area contributed by atoms with E-state index in [1.165, 1.54) is 6.07 Å². The molecule has 0 bridgehead atoms. The van der Waals surface area contributed by atoms with Crippen molar-refractivity contribution >= 4 is 10.0 Å². The highest BCUT2D eigenvalue weighted by Crippen LogP contribution is 2.16. The normalized spacial score (nSPS) is 14.4. The van der Waals surface area contributed by atoms with Crippen molar-refractivity contribution in [3.05, 3.63) is 35.6 Å². The van der Waals surface area contributed by atoms with Crippen LogP contribution in [0.1, 0.15) is 32.4 Å². The Bertz CT molecular complexity index is 529. The largest absolute Gasteiger partial charge is 0.308 e. The molecule has 2 N–H and O–H groups in total. The van der Waals surface area contributed by atoms with Crippen LogP contribution in [-0.2, 0) is 10.0 Å². The highest BCUT2D eigenvalue weighted by atomic mass is 32.2. The Balaban J connectivity index is 2.64. The van der Waals surface area contributed by atoms with E-state index in [2.05, 4.69) is 10.0 Å². The van der Waals surface area contributed by atoms with Gasteiger partial charge in [-0.1, -0.05) is 18.2 Å². The molecule has 0 fully saturated rings. The summed E-state index contributed by atoms with van der Waals surface area (Å²) in [5, 5.41) is 3.14. The van der Waals surface area contributed by atoms with Gasteiger partial charge in [0.2, 0.25) is 10.0 Å². The molecule has 0 saturated heterocycles. The lowest BCUT2D eigenvalue weighted by molar-refractivity contribution is 0.394. The average molecular weight is 288 g/mol. The van der Waals surface area contributed by atoms with Gasteiger partial charge in [0.1, 0.15) is 5.82 Å². The molecule has 0 aliphatic rings. The minimum atomic E-state index is -3.27. The number of benzene rings is 1. The molecular formula is C13H21FN2O2S. The fraction of sp³-hybridized carbons (Fsp3) is 0.538. The minimum absolute atomic E-state index is 0.193. The first kappa shape index (κ1) is 16.1. The molecule has 0 heterocycles. The van der Waals surface area contributed by atoms with Crippen LogP contribution in [0.5, 0.6) is 0 Å². The van der Waals surface area contributed by atoms with Crippen LogP contribution in [0.4, 0.5) is 4.39 Å².